The van der Waals surface area contributed by atoms with Crippen molar-refractivity contribution >= 4 is 23.5 Å². The Hall–Kier alpha value is -1.95. The molecule has 6 heteroatoms. The van der Waals surface area contributed by atoms with Crippen molar-refractivity contribution in [1.82, 2.24) is 9.78 Å². The molecule has 0 atom stereocenters. The number of nitrogens with two attached hydrogens (primary N) is 1. The summed E-state index contributed by atoms with van der Waals surface area (Å²) in [6, 6.07) is 7.59. The van der Waals surface area contributed by atoms with E-state index in [2.05, 4.69) is 5.10 Å². The van der Waals surface area contributed by atoms with E-state index in [4.69, 9.17) is 5.73 Å². The van der Waals surface area contributed by atoms with E-state index in [1.165, 1.54) is 16.4 Å². The molecule has 1 aromatic heterocycles. The van der Waals surface area contributed by atoms with Gasteiger partial charge in [-0.2, -0.15) is 5.10 Å². The topological polar surface area (TPSA) is 81.1 Å². The quantitative estimate of drug-likeness (QED) is 0.839. The van der Waals surface area contributed by atoms with Gasteiger partial charge in [0.15, 0.2) is 0 Å². The normalized spacial score (nSPS) is 10.6. The molecule has 0 spiro atoms. The first-order valence-corrected chi connectivity index (χ1v) is 6.85. The van der Waals surface area contributed by atoms with Crippen molar-refractivity contribution in [3.8, 4) is 5.69 Å². The smallest absolute Gasteiger partial charge is 0.342 e. The maximum Gasteiger partial charge on any atom is 0.342 e. The molecule has 0 amide bonds. The van der Waals surface area contributed by atoms with Gasteiger partial charge in [-0.1, -0.05) is 25.1 Å². The predicted molar refractivity (Wildman–Crippen MR) is 76.1 cm³/mol. The van der Waals surface area contributed by atoms with E-state index in [-0.39, 0.29) is 11.4 Å². The number of benzene rings is 1. The molecular formula is C13H15N3O2S. The molecule has 19 heavy (non-hydrogen) atoms. The van der Waals surface area contributed by atoms with Crippen LogP contribution in [0.2, 0.25) is 0 Å². The highest BCUT2D eigenvalue weighted by Gasteiger charge is 2.22. The maximum absolute atomic E-state index is 11.3. The maximum atomic E-state index is 11.3. The second kappa shape index (κ2) is 5.36. The number of thioether (sulfide) groups is 1. The van der Waals surface area contributed by atoms with E-state index in [1.807, 2.05) is 38.1 Å². The number of nitrogens with zero attached hydrogens (tertiary/aromatic N) is 2. The number of anilines is 1. The van der Waals surface area contributed by atoms with Crippen LogP contribution < -0.4 is 5.73 Å². The fourth-order valence-corrected chi connectivity index (χ4v) is 2.58. The number of rotatable bonds is 4. The van der Waals surface area contributed by atoms with E-state index in [9.17, 15) is 9.90 Å². The minimum atomic E-state index is -1.05. The largest absolute Gasteiger partial charge is 0.477 e. The van der Waals surface area contributed by atoms with Crippen molar-refractivity contribution in [2.75, 3.05) is 11.5 Å². The van der Waals surface area contributed by atoms with Gasteiger partial charge in [-0.05, 0) is 24.3 Å². The molecule has 2 rings (SSSR count). The Morgan fingerprint density at radius 2 is 2.16 bits per heavy atom. The van der Waals surface area contributed by atoms with E-state index in [0.717, 1.165) is 17.0 Å². The van der Waals surface area contributed by atoms with Crippen molar-refractivity contribution in [2.24, 2.45) is 0 Å². The Balaban J connectivity index is 2.63. The van der Waals surface area contributed by atoms with Gasteiger partial charge in [-0.3, -0.25) is 0 Å². The highest BCUT2D eigenvalue weighted by Crippen LogP contribution is 2.29. The first-order chi connectivity index (χ1) is 9.06. The summed E-state index contributed by atoms with van der Waals surface area (Å²) in [4.78, 5) is 11.3. The molecule has 0 aliphatic carbocycles. The number of aryl methyl sites for hydroxylation is 1. The third-order valence-corrected chi connectivity index (χ3v) is 3.58. The molecular weight excluding hydrogens is 262 g/mol. The molecule has 3 N–H and O–H groups in total. The Morgan fingerprint density at radius 1 is 1.47 bits per heavy atom. The molecule has 0 saturated carbocycles. The van der Waals surface area contributed by atoms with Crippen LogP contribution in [0, 0.1) is 6.92 Å². The summed E-state index contributed by atoms with van der Waals surface area (Å²) in [5, 5.41) is 14.0. The number of nitrogen functional groups attached to an aromatic ring is 1. The minimum absolute atomic E-state index is 0.0788. The lowest BCUT2D eigenvalue weighted by Crippen LogP contribution is -2.06. The van der Waals surface area contributed by atoms with Crippen molar-refractivity contribution in [1.29, 1.82) is 0 Å². The summed E-state index contributed by atoms with van der Waals surface area (Å²) in [5.74, 6) is -0.143. The van der Waals surface area contributed by atoms with Crippen LogP contribution in [0.1, 0.15) is 22.8 Å². The van der Waals surface area contributed by atoms with Crippen LogP contribution in [0.4, 0.5) is 5.82 Å². The number of aromatic nitrogens is 2. The number of para-hydroxylation sites is 1. The third kappa shape index (κ3) is 2.44. The van der Waals surface area contributed by atoms with Crippen molar-refractivity contribution < 1.29 is 9.90 Å². The second-order valence-corrected chi connectivity index (χ2v) is 5.25. The van der Waals surface area contributed by atoms with Gasteiger partial charge >= 0.3 is 5.97 Å². The van der Waals surface area contributed by atoms with Gasteiger partial charge in [0, 0.05) is 0 Å². The molecule has 0 aliphatic rings. The highest BCUT2D eigenvalue weighted by atomic mass is 32.2. The summed E-state index contributed by atoms with van der Waals surface area (Å²) in [5.41, 5.74) is 7.81. The van der Waals surface area contributed by atoms with Gasteiger partial charge in [0.2, 0.25) is 0 Å². The molecule has 0 unspecified atom stereocenters. The van der Waals surface area contributed by atoms with Crippen LogP contribution in [-0.4, -0.2) is 26.6 Å². The lowest BCUT2D eigenvalue weighted by molar-refractivity contribution is 0.0694. The molecule has 1 aromatic carbocycles. The molecule has 100 valence electrons. The monoisotopic (exact) mass is 277 g/mol. The van der Waals surface area contributed by atoms with Gasteiger partial charge in [-0.15, -0.1) is 11.8 Å². The van der Waals surface area contributed by atoms with Crippen LogP contribution in [-0.2, 0) is 0 Å². The standard InChI is InChI=1S/C13H15N3O2S/c1-3-19-12-10(13(17)18)11(14)16(15-12)9-7-5-4-6-8(9)2/h4-7H,3,14H2,1-2H3,(H,17,18). The average Bonchev–Trinajstić information content (AvgIpc) is 2.67. The summed E-state index contributed by atoms with van der Waals surface area (Å²) in [7, 11) is 0. The number of hydrogen-bond donors (Lipinski definition) is 2. The Morgan fingerprint density at radius 3 is 2.74 bits per heavy atom. The molecule has 0 aliphatic heterocycles. The lowest BCUT2D eigenvalue weighted by atomic mass is 10.2. The summed E-state index contributed by atoms with van der Waals surface area (Å²) in [6.07, 6.45) is 0. The molecule has 0 radical (unpaired) electrons. The zero-order valence-corrected chi connectivity index (χ0v) is 11.6. The Labute approximate surface area is 115 Å². The highest BCUT2D eigenvalue weighted by molar-refractivity contribution is 7.99. The van der Waals surface area contributed by atoms with E-state index >= 15 is 0 Å². The molecule has 1 heterocycles. The van der Waals surface area contributed by atoms with Crippen LogP contribution >= 0.6 is 11.8 Å². The molecule has 0 fully saturated rings. The summed E-state index contributed by atoms with van der Waals surface area (Å²) in [6.45, 7) is 3.88. The third-order valence-electron chi connectivity index (χ3n) is 2.73. The lowest BCUT2D eigenvalue weighted by Gasteiger charge is -2.07. The van der Waals surface area contributed by atoms with Crippen molar-refractivity contribution in [2.45, 2.75) is 18.9 Å². The number of carboxylic acids is 1. The summed E-state index contributed by atoms with van der Waals surface area (Å²) >= 11 is 1.37. The molecule has 5 nitrogen and oxygen atoms in total. The van der Waals surface area contributed by atoms with E-state index < -0.39 is 5.97 Å². The number of aromatic carboxylic acids is 1. The van der Waals surface area contributed by atoms with Crippen molar-refractivity contribution in [3.63, 3.8) is 0 Å². The first-order valence-electron chi connectivity index (χ1n) is 5.86. The summed E-state index contributed by atoms with van der Waals surface area (Å²) < 4.78 is 1.50. The van der Waals surface area contributed by atoms with Crippen LogP contribution in [0.15, 0.2) is 29.3 Å². The number of carbonyl (C=O) groups is 1. The average molecular weight is 277 g/mol. The zero-order valence-electron chi connectivity index (χ0n) is 10.8. The van der Waals surface area contributed by atoms with Gasteiger partial charge < -0.3 is 10.8 Å². The fraction of sp³-hybridized carbons (Fsp3) is 0.231. The van der Waals surface area contributed by atoms with E-state index in [0.29, 0.717) is 5.03 Å². The predicted octanol–water partition coefficient (Wildman–Crippen LogP) is 2.57. The fourth-order valence-electron chi connectivity index (χ4n) is 1.83. The number of carboxylic acid groups (broad SMARTS) is 1. The van der Waals surface area contributed by atoms with Gasteiger partial charge in [-0.25, -0.2) is 9.48 Å². The van der Waals surface area contributed by atoms with E-state index in [1.54, 1.807) is 0 Å². The van der Waals surface area contributed by atoms with Crippen LogP contribution in [0.25, 0.3) is 5.69 Å². The molecule has 0 saturated heterocycles. The SMILES string of the molecule is CCSc1nn(-c2ccccc2C)c(N)c1C(=O)O. The first kappa shape index (κ1) is 13.5. The minimum Gasteiger partial charge on any atom is -0.477 e. The molecule has 0 bridgehead atoms. The zero-order chi connectivity index (χ0) is 14.0. The van der Waals surface area contributed by atoms with Crippen LogP contribution in [0.5, 0.6) is 0 Å². The number of hydrogen-bond acceptors (Lipinski definition) is 4. The second-order valence-electron chi connectivity index (χ2n) is 4.00. The van der Waals surface area contributed by atoms with Gasteiger partial charge in [0.1, 0.15) is 16.4 Å². The molecule has 2 aromatic rings. The van der Waals surface area contributed by atoms with Gasteiger partial charge in [0.05, 0.1) is 5.69 Å². The van der Waals surface area contributed by atoms with Crippen LogP contribution in [0.3, 0.4) is 0 Å². The van der Waals surface area contributed by atoms with Gasteiger partial charge in [0.25, 0.3) is 0 Å². The Bertz CT molecular complexity index is 622. The Kier molecular flexibility index (Phi) is 3.80. The van der Waals surface area contributed by atoms with Crippen molar-refractivity contribution in [3.05, 3.63) is 35.4 Å².